The molecule has 0 N–H and O–H groups in total. The van der Waals surface area contributed by atoms with Crippen LogP contribution in [-0.2, 0) is 0 Å². The first-order valence-electron chi connectivity index (χ1n) is 7.69. The highest BCUT2D eigenvalue weighted by molar-refractivity contribution is 5.91. The number of anilines is 1. The third-order valence-electron chi connectivity index (χ3n) is 3.85. The molecular formula is C17H21N3O3. The van der Waals surface area contributed by atoms with E-state index >= 15 is 0 Å². The van der Waals surface area contributed by atoms with Crippen LogP contribution < -0.4 is 9.64 Å². The number of hydrogen-bond donors (Lipinski definition) is 0. The van der Waals surface area contributed by atoms with E-state index in [1.54, 1.807) is 23.2 Å². The van der Waals surface area contributed by atoms with Crippen LogP contribution >= 0.6 is 0 Å². The maximum Gasteiger partial charge on any atom is 0.289 e. The second-order valence-corrected chi connectivity index (χ2v) is 5.91. The van der Waals surface area contributed by atoms with Gasteiger partial charge in [0.15, 0.2) is 17.3 Å². The molecule has 3 rings (SSSR count). The van der Waals surface area contributed by atoms with Crippen LogP contribution in [0.25, 0.3) is 0 Å². The molecule has 1 aliphatic rings. The molecule has 6 nitrogen and oxygen atoms in total. The van der Waals surface area contributed by atoms with Crippen LogP contribution in [-0.4, -0.2) is 49.1 Å². The molecule has 1 unspecified atom stereocenters. The van der Waals surface area contributed by atoms with Gasteiger partial charge in [0.25, 0.3) is 5.91 Å². The maximum atomic E-state index is 12.4. The van der Waals surface area contributed by atoms with E-state index in [0.717, 1.165) is 23.7 Å². The highest BCUT2D eigenvalue weighted by Gasteiger charge is 2.30. The fourth-order valence-electron chi connectivity index (χ4n) is 2.70. The minimum atomic E-state index is -0.0804. The minimum Gasteiger partial charge on any atom is -0.485 e. The van der Waals surface area contributed by atoms with Gasteiger partial charge in [0.1, 0.15) is 11.9 Å². The summed E-state index contributed by atoms with van der Waals surface area (Å²) in [5, 5.41) is 0. The third kappa shape index (κ3) is 3.31. The van der Waals surface area contributed by atoms with Gasteiger partial charge in [-0.3, -0.25) is 4.79 Å². The largest absolute Gasteiger partial charge is 0.485 e. The summed E-state index contributed by atoms with van der Waals surface area (Å²) in [6.45, 7) is 3.05. The number of pyridine rings is 1. The smallest absolute Gasteiger partial charge is 0.289 e. The Kier molecular flexibility index (Phi) is 4.23. The topological polar surface area (TPSA) is 58.8 Å². The second-order valence-electron chi connectivity index (χ2n) is 5.91. The molecule has 1 saturated heterocycles. The van der Waals surface area contributed by atoms with Crippen molar-refractivity contribution in [2.45, 2.75) is 19.4 Å². The zero-order chi connectivity index (χ0) is 16.4. The summed E-state index contributed by atoms with van der Waals surface area (Å²) in [7, 11) is 3.86. The molecule has 0 bridgehead atoms. The van der Waals surface area contributed by atoms with Crippen molar-refractivity contribution in [1.29, 1.82) is 0 Å². The van der Waals surface area contributed by atoms with Crippen molar-refractivity contribution in [3.05, 3.63) is 42.0 Å². The number of likely N-dealkylation sites (tertiary alicyclic amines) is 1. The van der Waals surface area contributed by atoms with E-state index in [2.05, 4.69) is 4.98 Å². The monoisotopic (exact) mass is 315 g/mol. The minimum absolute atomic E-state index is 0.0297. The Bertz CT molecular complexity index is 696. The molecule has 3 heterocycles. The SMILES string of the molecule is Cc1ccc(C(=O)N2CCC(Oc3cccnc3N(C)C)C2)o1. The van der Waals surface area contributed by atoms with Crippen LogP contribution in [0.1, 0.15) is 22.7 Å². The number of hydrogen-bond acceptors (Lipinski definition) is 5. The lowest BCUT2D eigenvalue weighted by atomic mass is 10.3. The fourth-order valence-corrected chi connectivity index (χ4v) is 2.70. The number of ether oxygens (including phenoxy) is 1. The van der Waals surface area contributed by atoms with Crippen molar-refractivity contribution < 1.29 is 13.9 Å². The summed E-state index contributed by atoms with van der Waals surface area (Å²) >= 11 is 0. The summed E-state index contributed by atoms with van der Waals surface area (Å²) in [4.78, 5) is 20.4. The zero-order valence-corrected chi connectivity index (χ0v) is 13.7. The molecule has 2 aromatic heterocycles. The Morgan fingerprint density at radius 1 is 1.39 bits per heavy atom. The van der Waals surface area contributed by atoms with E-state index in [4.69, 9.17) is 9.15 Å². The lowest BCUT2D eigenvalue weighted by molar-refractivity contribution is 0.0739. The molecule has 0 aliphatic carbocycles. The van der Waals surface area contributed by atoms with Crippen LogP contribution in [0.4, 0.5) is 5.82 Å². The van der Waals surface area contributed by atoms with Gasteiger partial charge in [0.05, 0.1) is 6.54 Å². The number of carbonyl (C=O) groups is 1. The van der Waals surface area contributed by atoms with Crippen LogP contribution in [0.3, 0.4) is 0 Å². The average Bonchev–Trinajstić information content (AvgIpc) is 3.16. The zero-order valence-electron chi connectivity index (χ0n) is 13.7. The number of amides is 1. The number of aryl methyl sites for hydroxylation is 1. The molecule has 0 saturated carbocycles. The Morgan fingerprint density at radius 3 is 2.91 bits per heavy atom. The quantitative estimate of drug-likeness (QED) is 0.867. The maximum absolute atomic E-state index is 12.4. The van der Waals surface area contributed by atoms with Gasteiger partial charge in [-0.15, -0.1) is 0 Å². The number of furan rings is 1. The van der Waals surface area contributed by atoms with Gasteiger partial charge < -0.3 is 19.0 Å². The Balaban J connectivity index is 1.65. The molecule has 1 amide bonds. The summed E-state index contributed by atoms with van der Waals surface area (Å²) in [5.41, 5.74) is 0. The summed E-state index contributed by atoms with van der Waals surface area (Å²) in [6.07, 6.45) is 2.51. The van der Waals surface area contributed by atoms with Crippen molar-refractivity contribution >= 4 is 11.7 Å². The third-order valence-corrected chi connectivity index (χ3v) is 3.85. The first kappa shape index (κ1) is 15.4. The number of nitrogens with zero attached hydrogens (tertiary/aromatic N) is 3. The Labute approximate surface area is 135 Å². The van der Waals surface area contributed by atoms with E-state index < -0.39 is 0 Å². The summed E-state index contributed by atoms with van der Waals surface area (Å²) in [5.74, 6) is 2.58. The molecule has 2 aromatic rings. The number of carbonyl (C=O) groups excluding carboxylic acids is 1. The van der Waals surface area contributed by atoms with E-state index in [-0.39, 0.29) is 12.0 Å². The van der Waals surface area contributed by atoms with Crippen LogP contribution in [0.15, 0.2) is 34.9 Å². The van der Waals surface area contributed by atoms with Crippen LogP contribution in [0.5, 0.6) is 5.75 Å². The molecule has 23 heavy (non-hydrogen) atoms. The van der Waals surface area contributed by atoms with E-state index in [1.807, 2.05) is 38.1 Å². The highest BCUT2D eigenvalue weighted by Crippen LogP contribution is 2.27. The van der Waals surface area contributed by atoms with Gasteiger partial charge >= 0.3 is 0 Å². The second kappa shape index (κ2) is 6.32. The van der Waals surface area contributed by atoms with Crippen molar-refractivity contribution in [2.24, 2.45) is 0 Å². The van der Waals surface area contributed by atoms with E-state index in [0.29, 0.717) is 18.8 Å². The molecule has 6 heteroatoms. The summed E-state index contributed by atoms with van der Waals surface area (Å²) in [6, 6.07) is 7.28. The van der Waals surface area contributed by atoms with E-state index in [9.17, 15) is 4.79 Å². The lowest BCUT2D eigenvalue weighted by Crippen LogP contribution is -2.30. The Hall–Kier alpha value is -2.50. The standard InChI is InChI=1S/C17H21N3O3/c1-12-6-7-15(22-12)17(21)20-10-8-13(11-20)23-14-5-4-9-18-16(14)19(2)3/h4-7,9,13H,8,10-11H2,1-3H3. The van der Waals surface area contributed by atoms with Crippen molar-refractivity contribution in [3.8, 4) is 5.75 Å². The van der Waals surface area contributed by atoms with Crippen molar-refractivity contribution in [2.75, 3.05) is 32.1 Å². The molecule has 0 spiro atoms. The molecule has 0 radical (unpaired) electrons. The van der Waals surface area contributed by atoms with Crippen molar-refractivity contribution in [3.63, 3.8) is 0 Å². The average molecular weight is 315 g/mol. The fraction of sp³-hybridized carbons (Fsp3) is 0.412. The van der Waals surface area contributed by atoms with Crippen LogP contribution in [0, 0.1) is 6.92 Å². The molecule has 0 aromatic carbocycles. The van der Waals surface area contributed by atoms with Gasteiger partial charge in [-0.2, -0.15) is 0 Å². The number of aromatic nitrogens is 1. The van der Waals surface area contributed by atoms with Gasteiger partial charge in [0.2, 0.25) is 0 Å². The van der Waals surface area contributed by atoms with Gasteiger partial charge in [-0.1, -0.05) is 0 Å². The van der Waals surface area contributed by atoms with Crippen LogP contribution in [0.2, 0.25) is 0 Å². The molecule has 122 valence electrons. The molecule has 1 fully saturated rings. The van der Waals surface area contributed by atoms with Crippen molar-refractivity contribution in [1.82, 2.24) is 9.88 Å². The summed E-state index contributed by atoms with van der Waals surface area (Å²) < 4.78 is 11.5. The molecule has 1 atom stereocenters. The first-order valence-corrected chi connectivity index (χ1v) is 7.69. The van der Waals surface area contributed by atoms with E-state index in [1.165, 1.54) is 0 Å². The molecule has 1 aliphatic heterocycles. The number of rotatable bonds is 4. The molecular weight excluding hydrogens is 294 g/mol. The highest BCUT2D eigenvalue weighted by atomic mass is 16.5. The predicted octanol–water partition coefficient (Wildman–Crippen LogP) is 2.34. The van der Waals surface area contributed by atoms with Gasteiger partial charge in [-0.05, 0) is 31.2 Å². The lowest BCUT2D eigenvalue weighted by Gasteiger charge is -2.20. The van der Waals surface area contributed by atoms with Gasteiger partial charge in [0, 0.05) is 33.3 Å². The first-order chi connectivity index (χ1) is 11.0. The predicted molar refractivity (Wildman–Crippen MR) is 86.9 cm³/mol. The van der Waals surface area contributed by atoms with Gasteiger partial charge in [-0.25, -0.2) is 4.98 Å². The normalized spacial score (nSPS) is 17.3. The Morgan fingerprint density at radius 2 is 2.22 bits per heavy atom.